The molecule has 4 rings (SSSR count). The Hall–Kier alpha value is -2.58. The van der Waals surface area contributed by atoms with Crippen LogP contribution < -0.4 is 10.1 Å². The predicted octanol–water partition coefficient (Wildman–Crippen LogP) is 3.63. The fourth-order valence-corrected chi connectivity index (χ4v) is 3.35. The van der Waals surface area contributed by atoms with Gasteiger partial charge in [0.05, 0.1) is 11.6 Å². The summed E-state index contributed by atoms with van der Waals surface area (Å²) in [6.45, 7) is 0.906. The number of hydrogen-bond acceptors (Lipinski definition) is 7. The quantitative estimate of drug-likeness (QED) is 0.713. The summed E-state index contributed by atoms with van der Waals surface area (Å²) in [5.41, 5.74) is 0.937. The Labute approximate surface area is 182 Å². The Kier molecular flexibility index (Phi) is 5.97. The van der Waals surface area contributed by atoms with Crippen LogP contribution in [-0.2, 0) is 30.2 Å². The maximum absolute atomic E-state index is 12.5. The van der Waals surface area contributed by atoms with Gasteiger partial charge in [0.1, 0.15) is 23.1 Å². The maximum Gasteiger partial charge on any atom is 0.389 e. The fraction of sp³-hybridized carbons (Fsp3) is 0.238. The van der Waals surface area contributed by atoms with Crippen molar-refractivity contribution in [2.24, 2.45) is 0 Å². The van der Waals surface area contributed by atoms with Crippen molar-refractivity contribution in [2.75, 3.05) is 19.7 Å². The largest absolute Gasteiger partial charge is 0.456 e. The van der Waals surface area contributed by atoms with E-state index >= 15 is 0 Å². The topological polar surface area (TPSA) is 83.1 Å². The number of ether oxygens (including phenoxy) is 4. The van der Waals surface area contributed by atoms with Gasteiger partial charge in [0.25, 0.3) is 0 Å². The molecule has 0 amide bonds. The van der Waals surface area contributed by atoms with Crippen LogP contribution in [0.2, 0.25) is 10.0 Å². The van der Waals surface area contributed by atoms with Crippen LogP contribution in [0.25, 0.3) is 0 Å². The average Bonchev–Trinajstić information content (AvgIpc) is 2.83. The molecule has 9 heteroatoms. The van der Waals surface area contributed by atoms with Gasteiger partial charge in [-0.05, 0) is 29.8 Å². The van der Waals surface area contributed by atoms with E-state index in [1.54, 1.807) is 42.5 Å². The Morgan fingerprint density at radius 3 is 2.60 bits per heavy atom. The number of nitrogens with one attached hydrogen (secondary N) is 1. The SMILES string of the molecule is O=C1C=C(Cc2ccc(Oc3cccc(Cl)c3Cl)cc2)C(=O)O[C@]2(CNCCO2)O1. The molecular formula is C21H17Cl2NO6. The molecule has 1 fully saturated rings. The van der Waals surface area contributed by atoms with Gasteiger partial charge in [0.15, 0.2) is 0 Å². The van der Waals surface area contributed by atoms with Gasteiger partial charge in [-0.2, -0.15) is 0 Å². The molecule has 0 bridgehead atoms. The van der Waals surface area contributed by atoms with Gasteiger partial charge in [-0.1, -0.05) is 41.4 Å². The lowest BCUT2D eigenvalue weighted by atomic mass is 10.0. The molecule has 1 saturated heterocycles. The number of esters is 2. The first-order chi connectivity index (χ1) is 14.4. The van der Waals surface area contributed by atoms with Gasteiger partial charge in [-0.3, -0.25) is 0 Å². The number of halogens is 2. The molecule has 2 aromatic rings. The van der Waals surface area contributed by atoms with E-state index < -0.39 is 17.9 Å². The molecule has 1 N–H and O–H groups in total. The van der Waals surface area contributed by atoms with Gasteiger partial charge < -0.3 is 24.3 Å². The van der Waals surface area contributed by atoms with E-state index in [0.717, 1.165) is 11.6 Å². The monoisotopic (exact) mass is 449 g/mol. The van der Waals surface area contributed by atoms with Crippen molar-refractivity contribution >= 4 is 35.1 Å². The van der Waals surface area contributed by atoms with Crippen LogP contribution >= 0.6 is 23.2 Å². The average molecular weight is 450 g/mol. The molecule has 2 aliphatic rings. The third-order valence-corrected chi connectivity index (χ3v) is 5.26. The molecule has 2 heterocycles. The minimum Gasteiger partial charge on any atom is -0.456 e. The highest BCUT2D eigenvalue weighted by Gasteiger charge is 2.44. The summed E-state index contributed by atoms with van der Waals surface area (Å²) in [4.78, 5) is 24.7. The normalized spacial score (nSPS) is 21.5. The summed E-state index contributed by atoms with van der Waals surface area (Å²) >= 11 is 12.1. The number of morpholine rings is 1. The lowest BCUT2D eigenvalue weighted by molar-refractivity contribution is -0.345. The van der Waals surface area contributed by atoms with E-state index in [9.17, 15) is 9.59 Å². The van der Waals surface area contributed by atoms with Crippen molar-refractivity contribution in [3.05, 3.63) is 69.7 Å². The molecule has 1 atom stereocenters. The lowest BCUT2D eigenvalue weighted by Gasteiger charge is -2.33. The molecule has 1 spiro atoms. The van der Waals surface area contributed by atoms with E-state index in [4.69, 9.17) is 42.1 Å². The standard InChI is InChI=1S/C21H17Cl2NO6/c22-16-2-1-3-17(19(16)23)28-15-6-4-13(5-7-15)10-14-11-18(25)29-21(30-20(14)26)12-24-8-9-27-21/h1-7,11,24H,8-10,12H2/t21-/m0/s1. The van der Waals surface area contributed by atoms with Crippen LogP contribution in [0.4, 0.5) is 0 Å². The molecule has 7 nitrogen and oxygen atoms in total. The third-order valence-electron chi connectivity index (χ3n) is 4.46. The second kappa shape index (κ2) is 8.65. The Morgan fingerprint density at radius 2 is 1.87 bits per heavy atom. The number of carbonyl (C=O) groups excluding carboxylic acids is 2. The van der Waals surface area contributed by atoms with Crippen molar-refractivity contribution in [3.8, 4) is 11.5 Å². The number of benzene rings is 2. The van der Waals surface area contributed by atoms with Crippen LogP contribution in [0.5, 0.6) is 11.5 Å². The van der Waals surface area contributed by atoms with E-state index in [-0.39, 0.29) is 25.1 Å². The van der Waals surface area contributed by atoms with Crippen molar-refractivity contribution in [1.82, 2.24) is 5.32 Å². The highest BCUT2D eigenvalue weighted by Crippen LogP contribution is 2.34. The van der Waals surface area contributed by atoms with Crippen molar-refractivity contribution in [2.45, 2.75) is 12.4 Å². The number of rotatable bonds is 4. The molecule has 0 aromatic heterocycles. The van der Waals surface area contributed by atoms with Crippen molar-refractivity contribution < 1.29 is 28.5 Å². The van der Waals surface area contributed by atoms with Crippen LogP contribution in [0.1, 0.15) is 5.56 Å². The van der Waals surface area contributed by atoms with Gasteiger partial charge >= 0.3 is 17.9 Å². The van der Waals surface area contributed by atoms with E-state index in [1.165, 1.54) is 0 Å². The third kappa shape index (κ3) is 4.60. The van der Waals surface area contributed by atoms with Gasteiger partial charge in [0.2, 0.25) is 0 Å². The zero-order valence-corrected chi connectivity index (χ0v) is 17.2. The van der Waals surface area contributed by atoms with E-state index in [1.807, 2.05) is 0 Å². The van der Waals surface area contributed by atoms with Crippen molar-refractivity contribution in [1.29, 1.82) is 0 Å². The summed E-state index contributed by atoms with van der Waals surface area (Å²) in [5.74, 6) is -2.12. The van der Waals surface area contributed by atoms with Crippen LogP contribution in [0.15, 0.2) is 54.1 Å². The van der Waals surface area contributed by atoms with Gasteiger partial charge in [-0.25, -0.2) is 9.59 Å². The van der Waals surface area contributed by atoms with Gasteiger partial charge in [0, 0.05) is 24.6 Å². The van der Waals surface area contributed by atoms with Crippen LogP contribution in [0.3, 0.4) is 0 Å². The second-order valence-electron chi connectivity index (χ2n) is 6.66. The Morgan fingerprint density at radius 1 is 1.07 bits per heavy atom. The smallest absolute Gasteiger partial charge is 0.389 e. The first kappa shape index (κ1) is 20.7. The Balaban J connectivity index is 1.45. The van der Waals surface area contributed by atoms with Gasteiger partial charge in [-0.15, -0.1) is 0 Å². The minimum atomic E-state index is -1.72. The molecule has 0 unspecified atom stereocenters. The Bertz CT molecular complexity index is 999. The lowest BCUT2D eigenvalue weighted by Crippen LogP contribution is -2.54. The molecule has 0 aliphatic carbocycles. The molecule has 2 aliphatic heterocycles. The van der Waals surface area contributed by atoms with Crippen molar-refractivity contribution in [3.63, 3.8) is 0 Å². The molecule has 156 valence electrons. The predicted molar refractivity (Wildman–Crippen MR) is 109 cm³/mol. The summed E-state index contributed by atoms with van der Waals surface area (Å²) in [7, 11) is 0. The molecule has 30 heavy (non-hydrogen) atoms. The van der Waals surface area contributed by atoms with Crippen LogP contribution in [0, 0.1) is 0 Å². The van der Waals surface area contributed by atoms with E-state index in [0.29, 0.717) is 28.1 Å². The molecule has 2 aromatic carbocycles. The highest BCUT2D eigenvalue weighted by atomic mass is 35.5. The zero-order chi connectivity index (χ0) is 21.1. The number of carbonyl (C=O) groups is 2. The first-order valence-corrected chi connectivity index (χ1v) is 9.92. The summed E-state index contributed by atoms with van der Waals surface area (Å²) in [5, 5.41) is 3.69. The second-order valence-corrected chi connectivity index (χ2v) is 7.45. The minimum absolute atomic E-state index is 0.0731. The summed E-state index contributed by atoms with van der Waals surface area (Å²) < 4.78 is 21.7. The summed E-state index contributed by atoms with van der Waals surface area (Å²) in [6.07, 6.45) is 1.31. The van der Waals surface area contributed by atoms with E-state index in [2.05, 4.69) is 5.32 Å². The van der Waals surface area contributed by atoms with Crippen LogP contribution in [-0.4, -0.2) is 37.6 Å². The number of hydrogen-bond donors (Lipinski definition) is 1. The zero-order valence-electron chi connectivity index (χ0n) is 15.7. The molecular weight excluding hydrogens is 433 g/mol. The summed E-state index contributed by atoms with van der Waals surface area (Å²) in [6, 6.07) is 12.1. The molecule has 0 radical (unpaired) electrons. The first-order valence-electron chi connectivity index (χ1n) is 9.16. The fourth-order valence-electron chi connectivity index (χ4n) is 3.02. The maximum atomic E-state index is 12.5. The highest BCUT2D eigenvalue weighted by molar-refractivity contribution is 6.42. The molecule has 0 saturated carbocycles.